The minimum Gasteiger partial charge on any atom is -0.455 e. The predicted molar refractivity (Wildman–Crippen MR) is 91.2 cm³/mol. The van der Waals surface area contributed by atoms with Gasteiger partial charge in [0.2, 0.25) is 0 Å². The van der Waals surface area contributed by atoms with Crippen molar-refractivity contribution in [2.24, 2.45) is 0 Å². The van der Waals surface area contributed by atoms with Crippen molar-refractivity contribution < 1.29 is 22.0 Å². The van der Waals surface area contributed by atoms with Crippen LogP contribution in [0.5, 0.6) is 0 Å². The summed E-state index contributed by atoms with van der Waals surface area (Å²) in [6.07, 6.45) is 4.14. The van der Waals surface area contributed by atoms with Gasteiger partial charge in [-0.2, -0.15) is 0 Å². The van der Waals surface area contributed by atoms with Gasteiger partial charge in [-0.05, 0) is 42.7 Å². The molecule has 1 fully saturated rings. The number of rotatable bonds is 6. The zero-order chi connectivity index (χ0) is 17.9. The second-order valence-electron chi connectivity index (χ2n) is 6.38. The Morgan fingerprint density at radius 1 is 1.08 bits per heavy atom. The molecule has 5 nitrogen and oxygen atoms in total. The van der Waals surface area contributed by atoms with Crippen molar-refractivity contribution in [3.63, 3.8) is 0 Å². The Morgan fingerprint density at radius 2 is 1.76 bits per heavy atom. The highest BCUT2D eigenvalue weighted by Gasteiger charge is 2.21. The van der Waals surface area contributed by atoms with Crippen LogP contribution in [0.25, 0.3) is 0 Å². The molecule has 1 aliphatic carbocycles. The fourth-order valence-electron chi connectivity index (χ4n) is 3.01. The van der Waals surface area contributed by atoms with Crippen LogP contribution in [0.2, 0.25) is 0 Å². The first kappa shape index (κ1) is 17.7. The lowest BCUT2D eigenvalue weighted by Crippen LogP contribution is -2.32. The number of hydrogen-bond acceptors (Lipinski definition) is 4. The molecule has 0 aliphatic heterocycles. The van der Waals surface area contributed by atoms with Crippen LogP contribution >= 0.6 is 0 Å². The van der Waals surface area contributed by atoms with E-state index in [0.29, 0.717) is 5.56 Å². The van der Waals surface area contributed by atoms with Gasteiger partial charge in [0.1, 0.15) is 17.3 Å². The van der Waals surface area contributed by atoms with Crippen molar-refractivity contribution in [3.05, 3.63) is 59.3 Å². The Balaban J connectivity index is 1.61. The normalized spacial score (nSPS) is 15.4. The number of carbonyl (C=O) groups is 1. The van der Waals surface area contributed by atoms with Crippen molar-refractivity contribution in [2.75, 3.05) is 0 Å². The van der Waals surface area contributed by atoms with Gasteiger partial charge in [0.05, 0.1) is 5.75 Å². The van der Waals surface area contributed by atoms with Crippen LogP contribution < -0.4 is 5.32 Å². The summed E-state index contributed by atoms with van der Waals surface area (Å²) in [5, 5.41) is 2.90. The number of nitrogens with one attached hydrogen (secondary N) is 1. The summed E-state index contributed by atoms with van der Waals surface area (Å²) in [6.45, 7) is 0. The number of carbonyl (C=O) groups excluding carboxylic acids is 1. The molecule has 2 aromatic rings. The van der Waals surface area contributed by atoms with Gasteiger partial charge in [0.25, 0.3) is 5.91 Å². The second-order valence-corrected chi connectivity index (χ2v) is 8.44. The van der Waals surface area contributed by atoms with E-state index in [4.69, 9.17) is 4.42 Å². The lowest BCUT2D eigenvalue weighted by atomic mass is 10.2. The Morgan fingerprint density at radius 3 is 2.44 bits per heavy atom. The minimum atomic E-state index is -3.48. The van der Waals surface area contributed by atoms with E-state index >= 15 is 0 Å². The summed E-state index contributed by atoms with van der Waals surface area (Å²) in [6, 6.07) is 8.50. The van der Waals surface area contributed by atoms with E-state index in [1.54, 1.807) is 0 Å². The zero-order valence-electron chi connectivity index (χ0n) is 13.7. The number of halogens is 1. The Hall–Kier alpha value is -2.15. The highest BCUT2D eigenvalue weighted by atomic mass is 32.2. The quantitative estimate of drug-likeness (QED) is 0.853. The Kier molecular flexibility index (Phi) is 5.22. The minimum absolute atomic E-state index is 0.124. The molecule has 3 rings (SSSR count). The van der Waals surface area contributed by atoms with Crippen molar-refractivity contribution in [3.8, 4) is 0 Å². The van der Waals surface area contributed by atoms with E-state index in [1.807, 2.05) is 0 Å². The average molecular weight is 365 g/mol. The highest BCUT2D eigenvalue weighted by Crippen LogP contribution is 2.19. The number of amides is 1. The molecular weight excluding hydrogens is 345 g/mol. The van der Waals surface area contributed by atoms with Gasteiger partial charge in [-0.15, -0.1) is 0 Å². The molecule has 1 amide bonds. The molecule has 1 heterocycles. The number of benzene rings is 1. The molecule has 1 N–H and O–H groups in total. The molecule has 1 aliphatic rings. The second kappa shape index (κ2) is 7.39. The molecule has 0 atom stereocenters. The van der Waals surface area contributed by atoms with E-state index in [0.717, 1.165) is 25.7 Å². The smallest absolute Gasteiger partial charge is 0.287 e. The summed E-state index contributed by atoms with van der Waals surface area (Å²) in [7, 11) is -3.48. The maximum Gasteiger partial charge on any atom is 0.287 e. The van der Waals surface area contributed by atoms with E-state index < -0.39 is 15.7 Å². The fourth-order valence-corrected chi connectivity index (χ4v) is 4.40. The van der Waals surface area contributed by atoms with E-state index in [-0.39, 0.29) is 35.0 Å². The topological polar surface area (TPSA) is 76.4 Å². The molecule has 0 unspecified atom stereocenters. The van der Waals surface area contributed by atoms with Crippen LogP contribution in [0.15, 0.2) is 40.8 Å². The third-order valence-corrected chi connectivity index (χ3v) is 5.74. The van der Waals surface area contributed by atoms with Gasteiger partial charge in [-0.25, -0.2) is 12.8 Å². The van der Waals surface area contributed by atoms with Crippen LogP contribution in [-0.4, -0.2) is 20.4 Å². The van der Waals surface area contributed by atoms with Crippen LogP contribution in [0.3, 0.4) is 0 Å². The van der Waals surface area contributed by atoms with Gasteiger partial charge in [-0.3, -0.25) is 4.79 Å². The summed E-state index contributed by atoms with van der Waals surface area (Å²) in [5.74, 6) is -0.893. The van der Waals surface area contributed by atoms with Crippen molar-refractivity contribution in [1.29, 1.82) is 0 Å². The lowest BCUT2D eigenvalue weighted by molar-refractivity contribution is 0.0908. The van der Waals surface area contributed by atoms with Crippen molar-refractivity contribution in [2.45, 2.75) is 43.2 Å². The SMILES string of the molecule is O=C(NC1CCCC1)c1ccc(CS(=O)(=O)Cc2ccc(F)cc2)o1. The maximum absolute atomic E-state index is 12.9. The summed E-state index contributed by atoms with van der Waals surface area (Å²) < 4.78 is 42.8. The van der Waals surface area contributed by atoms with Crippen LogP contribution in [0, 0.1) is 5.82 Å². The molecule has 0 spiro atoms. The fraction of sp³-hybridized carbons (Fsp3) is 0.389. The number of furan rings is 1. The Bertz CT molecular complexity index is 836. The molecule has 0 radical (unpaired) electrons. The molecule has 1 aromatic carbocycles. The first-order valence-corrected chi connectivity index (χ1v) is 10.1. The third-order valence-electron chi connectivity index (χ3n) is 4.24. The van der Waals surface area contributed by atoms with Gasteiger partial charge in [0.15, 0.2) is 15.6 Å². The monoisotopic (exact) mass is 365 g/mol. The standard InChI is InChI=1S/C18H20FNO4S/c19-14-7-5-13(6-8-14)11-25(22,23)12-16-9-10-17(24-16)18(21)20-15-3-1-2-4-15/h5-10,15H,1-4,11-12H2,(H,20,21). The molecule has 1 aromatic heterocycles. The average Bonchev–Trinajstić information content (AvgIpc) is 3.21. The van der Waals surface area contributed by atoms with Gasteiger partial charge < -0.3 is 9.73 Å². The maximum atomic E-state index is 12.9. The van der Waals surface area contributed by atoms with Crippen LogP contribution in [-0.2, 0) is 21.3 Å². The lowest BCUT2D eigenvalue weighted by Gasteiger charge is -2.09. The third kappa shape index (κ3) is 4.92. The molecule has 25 heavy (non-hydrogen) atoms. The van der Waals surface area contributed by atoms with Crippen LogP contribution in [0.1, 0.15) is 47.6 Å². The zero-order valence-corrected chi connectivity index (χ0v) is 14.5. The van der Waals surface area contributed by atoms with Crippen LogP contribution in [0.4, 0.5) is 4.39 Å². The van der Waals surface area contributed by atoms with Gasteiger partial charge in [0, 0.05) is 6.04 Å². The first-order valence-electron chi connectivity index (χ1n) is 8.26. The van der Waals surface area contributed by atoms with E-state index in [1.165, 1.54) is 36.4 Å². The first-order chi connectivity index (χ1) is 11.9. The molecule has 134 valence electrons. The molecular formula is C18H20FNO4S. The molecule has 1 saturated carbocycles. The molecule has 7 heteroatoms. The van der Waals surface area contributed by atoms with E-state index in [9.17, 15) is 17.6 Å². The predicted octanol–water partition coefficient (Wildman–Crippen LogP) is 3.21. The summed E-state index contributed by atoms with van der Waals surface area (Å²) >= 11 is 0. The summed E-state index contributed by atoms with van der Waals surface area (Å²) in [5.41, 5.74) is 0.507. The largest absolute Gasteiger partial charge is 0.455 e. The molecule has 0 bridgehead atoms. The van der Waals surface area contributed by atoms with Crippen molar-refractivity contribution in [1.82, 2.24) is 5.32 Å². The van der Waals surface area contributed by atoms with Crippen molar-refractivity contribution >= 4 is 15.7 Å². The number of sulfone groups is 1. The molecule has 0 saturated heterocycles. The van der Waals surface area contributed by atoms with Gasteiger partial charge >= 0.3 is 0 Å². The van der Waals surface area contributed by atoms with Gasteiger partial charge in [-0.1, -0.05) is 25.0 Å². The summed E-state index contributed by atoms with van der Waals surface area (Å²) in [4.78, 5) is 12.1. The number of hydrogen-bond donors (Lipinski definition) is 1. The highest BCUT2D eigenvalue weighted by molar-refractivity contribution is 7.89. The van der Waals surface area contributed by atoms with E-state index in [2.05, 4.69) is 5.32 Å². The Labute approximate surface area is 146 Å².